The molecule has 2 heterocycles. The van der Waals surface area contributed by atoms with E-state index in [1.807, 2.05) is 11.4 Å². The Kier molecular flexibility index (Phi) is 3.79. The molecular weight excluding hydrogens is 290 g/mol. The fourth-order valence-corrected chi connectivity index (χ4v) is 2.29. The lowest BCUT2D eigenvalue weighted by molar-refractivity contribution is 0.0925. The molecule has 0 saturated heterocycles. The molecule has 0 aliphatic carbocycles. The molecule has 5 heteroatoms. The fraction of sp³-hybridized carbons (Fsp3) is 0.182. The van der Waals surface area contributed by atoms with Gasteiger partial charge in [0.2, 0.25) is 0 Å². The third-order valence-electron chi connectivity index (χ3n) is 2.03. The molecule has 2 aromatic rings. The van der Waals surface area contributed by atoms with Gasteiger partial charge in [-0.1, -0.05) is 6.07 Å². The molecule has 0 saturated carbocycles. The SMILES string of the molecule is O=C(NCCc1cccs1)c1ccc(Br)o1. The molecule has 0 aliphatic rings. The normalized spacial score (nSPS) is 10.3. The van der Waals surface area contributed by atoms with Gasteiger partial charge in [0.15, 0.2) is 10.4 Å². The molecule has 1 amide bonds. The van der Waals surface area contributed by atoms with Crippen LogP contribution in [0.3, 0.4) is 0 Å². The summed E-state index contributed by atoms with van der Waals surface area (Å²) in [6.45, 7) is 0.623. The van der Waals surface area contributed by atoms with Gasteiger partial charge in [-0.05, 0) is 45.9 Å². The molecule has 0 radical (unpaired) electrons. The maximum absolute atomic E-state index is 11.6. The first-order valence-corrected chi connectivity index (χ1v) is 6.49. The molecule has 3 nitrogen and oxygen atoms in total. The second-order valence-corrected chi connectivity index (χ2v) is 5.00. The summed E-state index contributed by atoms with van der Waals surface area (Å²) in [7, 11) is 0. The zero-order valence-electron chi connectivity index (χ0n) is 8.40. The summed E-state index contributed by atoms with van der Waals surface area (Å²) in [5.41, 5.74) is 0. The number of amides is 1. The average molecular weight is 300 g/mol. The Balaban J connectivity index is 1.80. The lowest BCUT2D eigenvalue weighted by Gasteiger charge is -2.01. The lowest BCUT2D eigenvalue weighted by Crippen LogP contribution is -2.24. The molecule has 0 spiro atoms. The minimum atomic E-state index is -0.178. The number of carbonyl (C=O) groups is 1. The highest BCUT2D eigenvalue weighted by Crippen LogP contribution is 2.13. The third-order valence-corrected chi connectivity index (χ3v) is 3.40. The zero-order chi connectivity index (χ0) is 11.4. The van der Waals surface area contributed by atoms with Crippen LogP contribution in [0.2, 0.25) is 0 Å². The Morgan fingerprint density at radius 3 is 2.94 bits per heavy atom. The van der Waals surface area contributed by atoms with E-state index in [4.69, 9.17) is 4.42 Å². The first kappa shape index (κ1) is 11.4. The molecule has 0 atom stereocenters. The van der Waals surface area contributed by atoms with Crippen molar-refractivity contribution >= 4 is 33.2 Å². The molecule has 0 fully saturated rings. The minimum absolute atomic E-state index is 0.178. The van der Waals surface area contributed by atoms with Crippen molar-refractivity contribution in [1.29, 1.82) is 0 Å². The van der Waals surface area contributed by atoms with E-state index in [1.165, 1.54) is 4.88 Å². The first-order chi connectivity index (χ1) is 7.75. The monoisotopic (exact) mass is 299 g/mol. The van der Waals surface area contributed by atoms with Crippen LogP contribution in [0.15, 0.2) is 38.7 Å². The second kappa shape index (κ2) is 5.32. The maximum atomic E-state index is 11.6. The van der Waals surface area contributed by atoms with Gasteiger partial charge in [0.05, 0.1) is 0 Å². The van der Waals surface area contributed by atoms with E-state index in [-0.39, 0.29) is 5.91 Å². The van der Waals surface area contributed by atoms with Gasteiger partial charge in [0.1, 0.15) is 0 Å². The number of rotatable bonds is 4. The quantitative estimate of drug-likeness (QED) is 0.943. The summed E-state index contributed by atoms with van der Waals surface area (Å²) in [6, 6.07) is 7.41. The number of nitrogens with one attached hydrogen (secondary N) is 1. The van der Waals surface area contributed by atoms with Crippen LogP contribution in [0.1, 0.15) is 15.4 Å². The van der Waals surface area contributed by atoms with Crippen molar-refractivity contribution in [3.63, 3.8) is 0 Å². The maximum Gasteiger partial charge on any atom is 0.287 e. The fourth-order valence-electron chi connectivity index (χ4n) is 1.28. The molecule has 0 aliphatic heterocycles. The Morgan fingerprint density at radius 1 is 1.44 bits per heavy atom. The molecule has 0 aromatic carbocycles. The smallest absolute Gasteiger partial charge is 0.287 e. The van der Waals surface area contributed by atoms with Crippen LogP contribution < -0.4 is 5.32 Å². The van der Waals surface area contributed by atoms with E-state index in [1.54, 1.807) is 23.5 Å². The van der Waals surface area contributed by atoms with Gasteiger partial charge in [-0.2, -0.15) is 0 Å². The highest BCUT2D eigenvalue weighted by atomic mass is 79.9. The average Bonchev–Trinajstić information content (AvgIpc) is 2.89. The zero-order valence-corrected chi connectivity index (χ0v) is 10.8. The summed E-state index contributed by atoms with van der Waals surface area (Å²) in [4.78, 5) is 12.8. The van der Waals surface area contributed by atoms with Crippen molar-refractivity contribution in [2.75, 3.05) is 6.54 Å². The van der Waals surface area contributed by atoms with Gasteiger partial charge in [0.25, 0.3) is 5.91 Å². The summed E-state index contributed by atoms with van der Waals surface area (Å²) in [5, 5.41) is 4.83. The van der Waals surface area contributed by atoms with E-state index >= 15 is 0 Å². The molecule has 0 bridgehead atoms. The number of hydrogen-bond acceptors (Lipinski definition) is 3. The van der Waals surface area contributed by atoms with E-state index in [0.29, 0.717) is 17.0 Å². The van der Waals surface area contributed by atoms with Gasteiger partial charge in [-0.3, -0.25) is 4.79 Å². The van der Waals surface area contributed by atoms with Gasteiger partial charge >= 0.3 is 0 Å². The topological polar surface area (TPSA) is 42.2 Å². The van der Waals surface area contributed by atoms with Crippen LogP contribution >= 0.6 is 27.3 Å². The van der Waals surface area contributed by atoms with Crippen molar-refractivity contribution in [2.45, 2.75) is 6.42 Å². The van der Waals surface area contributed by atoms with Gasteiger partial charge in [-0.25, -0.2) is 0 Å². The molecular formula is C11H10BrNO2S. The number of hydrogen-bond donors (Lipinski definition) is 1. The molecule has 2 rings (SSSR count). The number of furan rings is 1. The van der Waals surface area contributed by atoms with Gasteiger partial charge < -0.3 is 9.73 Å². The van der Waals surface area contributed by atoms with Crippen LogP contribution in [0.25, 0.3) is 0 Å². The molecule has 0 unspecified atom stereocenters. The molecule has 16 heavy (non-hydrogen) atoms. The standard InChI is InChI=1S/C11H10BrNO2S/c12-10-4-3-9(15-10)11(14)13-6-5-8-2-1-7-16-8/h1-4,7H,5-6H2,(H,13,14). The minimum Gasteiger partial charge on any atom is -0.444 e. The highest BCUT2D eigenvalue weighted by molar-refractivity contribution is 9.10. The van der Waals surface area contributed by atoms with E-state index in [0.717, 1.165) is 6.42 Å². The van der Waals surface area contributed by atoms with Crippen LogP contribution in [0.5, 0.6) is 0 Å². The van der Waals surface area contributed by atoms with Crippen LogP contribution in [0.4, 0.5) is 0 Å². The lowest BCUT2D eigenvalue weighted by atomic mass is 10.3. The largest absolute Gasteiger partial charge is 0.444 e. The van der Waals surface area contributed by atoms with Crippen molar-refractivity contribution in [3.05, 3.63) is 45.0 Å². The molecule has 1 N–H and O–H groups in total. The summed E-state index contributed by atoms with van der Waals surface area (Å²) in [5.74, 6) is 0.153. The van der Waals surface area contributed by atoms with Crippen LogP contribution in [-0.2, 0) is 6.42 Å². The van der Waals surface area contributed by atoms with Crippen LogP contribution in [-0.4, -0.2) is 12.5 Å². The Morgan fingerprint density at radius 2 is 2.31 bits per heavy atom. The number of halogens is 1. The van der Waals surface area contributed by atoms with Crippen LogP contribution in [0, 0.1) is 0 Å². The Labute approximate surface area is 106 Å². The summed E-state index contributed by atoms with van der Waals surface area (Å²) < 4.78 is 5.71. The summed E-state index contributed by atoms with van der Waals surface area (Å²) >= 11 is 4.85. The van der Waals surface area contributed by atoms with Gasteiger partial charge in [0, 0.05) is 11.4 Å². The van der Waals surface area contributed by atoms with E-state index in [9.17, 15) is 4.79 Å². The van der Waals surface area contributed by atoms with E-state index < -0.39 is 0 Å². The predicted octanol–water partition coefficient (Wildman–Crippen LogP) is 3.08. The van der Waals surface area contributed by atoms with Crippen molar-refractivity contribution in [2.24, 2.45) is 0 Å². The Hall–Kier alpha value is -1.07. The number of carbonyl (C=O) groups excluding carboxylic acids is 1. The van der Waals surface area contributed by atoms with Crippen molar-refractivity contribution < 1.29 is 9.21 Å². The van der Waals surface area contributed by atoms with Crippen molar-refractivity contribution in [3.8, 4) is 0 Å². The second-order valence-electron chi connectivity index (χ2n) is 3.19. The highest BCUT2D eigenvalue weighted by Gasteiger charge is 2.09. The van der Waals surface area contributed by atoms with E-state index in [2.05, 4.69) is 27.3 Å². The Bertz CT molecular complexity index is 464. The molecule has 2 aromatic heterocycles. The van der Waals surface area contributed by atoms with Crippen molar-refractivity contribution in [1.82, 2.24) is 5.32 Å². The van der Waals surface area contributed by atoms with Gasteiger partial charge in [-0.15, -0.1) is 11.3 Å². The predicted molar refractivity (Wildman–Crippen MR) is 66.8 cm³/mol. The third kappa shape index (κ3) is 2.96. The first-order valence-electron chi connectivity index (χ1n) is 4.81. The molecule has 84 valence electrons. The number of thiophene rings is 1. The summed E-state index contributed by atoms with van der Waals surface area (Å²) in [6.07, 6.45) is 0.852.